The van der Waals surface area contributed by atoms with Crippen LogP contribution in [0.5, 0.6) is 0 Å². The highest BCUT2D eigenvalue weighted by molar-refractivity contribution is 7.98. The first-order chi connectivity index (χ1) is 15.1. The lowest BCUT2D eigenvalue weighted by Crippen LogP contribution is -2.16. The smallest absolute Gasteiger partial charge is 0.274 e. The molecule has 0 saturated carbocycles. The van der Waals surface area contributed by atoms with Crippen LogP contribution in [0.15, 0.2) is 53.8 Å². The third-order valence-corrected chi connectivity index (χ3v) is 5.88. The molecule has 1 aliphatic heterocycles. The number of aromatic nitrogens is 4. The number of fused-ring (bicyclic) bond motifs is 1. The summed E-state index contributed by atoms with van der Waals surface area (Å²) in [6.07, 6.45) is 5.38. The van der Waals surface area contributed by atoms with Gasteiger partial charge in [0, 0.05) is 18.0 Å². The minimum absolute atomic E-state index is 0.000432. The molecule has 0 bridgehead atoms. The van der Waals surface area contributed by atoms with Crippen LogP contribution >= 0.6 is 11.8 Å². The van der Waals surface area contributed by atoms with E-state index in [1.165, 1.54) is 30.1 Å². The minimum Gasteiger partial charge on any atom is -0.370 e. The molecule has 1 saturated heterocycles. The van der Waals surface area contributed by atoms with E-state index in [-0.39, 0.29) is 17.8 Å². The van der Waals surface area contributed by atoms with Crippen LogP contribution in [0.1, 0.15) is 35.3 Å². The van der Waals surface area contributed by atoms with Crippen LogP contribution in [-0.4, -0.2) is 38.3 Å². The Morgan fingerprint density at radius 1 is 1.29 bits per heavy atom. The van der Waals surface area contributed by atoms with Gasteiger partial charge in [-0.15, -0.1) is 0 Å². The highest BCUT2D eigenvalue weighted by Gasteiger charge is 2.22. The molecule has 3 heterocycles. The average molecular weight is 438 g/mol. The average Bonchev–Trinajstić information content (AvgIpc) is 3.52. The molecule has 1 amide bonds. The lowest BCUT2D eigenvalue weighted by molar-refractivity contribution is 0.102. The van der Waals surface area contributed by atoms with Crippen molar-refractivity contribution in [3.8, 4) is 5.69 Å². The summed E-state index contributed by atoms with van der Waals surface area (Å²) in [7, 11) is 0. The summed E-state index contributed by atoms with van der Waals surface area (Å²) < 4.78 is 20.8. The van der Waals surface area contributed by atoms with E-state index in [4.69, 9.17) is 4.74 Å². The second kappa shape index (κ2) is 8.16. The summed E-state index contributed by atoms with van der Waals surface area (Å²) in [5, 5.41) is 3.57. The fourth-order valence-electron chi connectivity index (χ4n) is 3.73. The molecule has 5 rings (SSSR count). The molecule has 1 unspecified atom stereocenters. The number of amides is 1. The maximum absolute atomic E-state index is 13.4. The normalized spacial score (nSPS) is 16.1. The van der Waals surface area contributed by atoms with E-state index in [2.05, 4.69) is 20.3 Å². The highest BCUT2D eigenvalue weighted by atomic mass is 32.2. The van der Waals surface area contributed by atoms with Gasteiger partial charge in [-0.05, 0) is 61.6 Å². The Morgan fingerprint density at radius 2 is 2.13 bits per heavy atom. The zero-order valence-electron chi connectivity index (χ0n) is 16.8. The number of carbonyl (C=O) groups is 1. The van der Waals surface area contributed by atoms with Crippen molar-refractivity contribution in [3.63, 3.8) is 0 Å². The van der Waals surface area contributed by atoms with Gasteiger partial charge in [-0.1, -0.05) is 11.8 Å². The number of hydrogen-bond donors (Lipinski definition) is 2. The molecule has 9 heteroatoms. The van der Waals surface area contributed by atoms with Crippen molar-refractivity contribution in [2.75, 3.05) is 18.2 Å². The van der Waals surface area contributed by atoms with Crippen LogP contribution in [0.4, 0.5) is 10.1 Å². The number of hydrogen-bond acceptors (Lipinski definition) is 5. The molecule has 1 atom stereocenters. The van der Waals surface area contributed by atoms with Crippen LogP contribution in [0, 0.1) is 5.82 Å². The molecule has 1 fully saturated rings. The third kappa shape index (κ3) is 3.82. The Hall–Kier alpha value is -3.17. The molecular weight excluding hydrogens is 417 g/mol. The third-order valence-electron chi connectivity index (χ3n) is 5.22. The van der Waals surface area contributed by atoms with Gasteiger partial charge in [0.25, 0.3) is 5.91 Å². The Morgan fingerprint density at radius 3 is 2.87 bits per heavy atom. The fraction of sp³-hybridized carbons (Fsp3) is 0.227. The topological polar surface area (TPSA) is 84.8 Å². The van der Waals surface area contributed by atoms with E-state index in [0.717, 1.165) is 36.3 Å². The van der Waals surface area contributed by atoms with Crippen LogP contribution in [0.2, 0.25) is 0 Å². The molecule has 2 N–H and O–H groups in total. The van der Waals surface area contributed by atoms with Crippen LogP contribution in [0.3, 0.4) is 0 Å². The number of anilines is 1. The summed E-state index contributed by atoms with van der Waals surface area (Å²) in [6, 6.07) is 11.5. The molecule has 2 aromatic carbocycles. The predicted molar refractivity (Wildman–Crippen MR) is 117 cm³/mol. The van der Waals surface area contributed by atoms with Crippen molar-refractivity contribution in [3.05, 3.63) is 66.0 Å². The van der Waals surface area contributed by atoms with Crippen LogP contribution < -0.4 is 5.32 Å². The van der Waals surface area contributed by atoms with Crippen LogP contribution in [0.25, 0.3) is 16.7 Å². The highest BCUT2D eigenvalue weighted by Crippen LogP contribution is 2.29. The Bertz CT molecular complexity index is 1240. The van der Waals surface area contributed by atoms with E-state index in [1.54, 1.807) is 16.7 Å². The lowest BCUT2D eigenvalue weighted by atomic mass is 10.2. The number of imidazole rings is 2. The van der Waals surface area contributed by atoms with E-state index >= 15 is 0 Å². The molecule has 4 aromatic rings. The number of rotatable bonds is 5. The summed E-state index contributed by atoms with van der Waals surface area (Å²) in [5.41, 5.74) is 3.32. The van der Waals surface area contributed by atoms with Crippen molar-refractivity contribution in [2.45, 2.75) is 24.1 Å². The number of ether oxygens (including phenoxy) is 1. The van der Waals surface area contributed by atoms with E-state index < -0.39 is 0 Å². The number of benzene rings is 2. The van der Waals surface area contributed by atoms with Gasteiger partial charge in [-0.3, -0.25) is 9.36 Å². The first-order valence-electron chi connectivity index (χ1n) is 9.92. The van der Waals surface area contributed by atoms with Gasteiger partial charge in [0.1, 0.15) is 23.4 Å². The standard InChI is InChI=1S/C22H20FN5O2S/c1-31-22-24-12-18(28(22)15-7-4-13(23)5-8-15)21(29)25-14-6-9-16-17(11-14)27-20(26-16)19-3-2-10-30-19/h4-9,11-12,19H,2-3,10H2,1H3,(H,25,29)(H,26,27). The molecule has 158 valence electrons. The second-order valence-electron chi connectivity index (χ2n) is 7.25. The molecule has 2 aromatic heterocycles. The fourth-order valence-corrected chi connectivity index (χ4v) is 4.27. The summed E-state index contributed by atoms with van der Waals surface area (Å²) in [6.45, 7) is 0.753. The molecule has 1 aliphatic rings. The maximum Gasteiger partial charge on any atom is 0.274 e. The lowest BCUT2D eigenvalue weighted by Gasteiger charge is -2.11. The van der Waals surface area contributed by atoms with Gasteiger partial charge in [0.15, 0.2) is 5.16 Å². The van der Waals surface area contributed by atoms with Gasteiger partial charge in [0.05, 0.1) is 17.2 Å². The number of thioether (sulfide) groups is 1. The minimum atomic E-state index is -0.337. The van der Waals surface area contributed by atoms with Gasteiger partial charge in [-0.25, -0.2) is 14.4 Å². The van der Waals surface area contributed by atoms with E-state index in [1.807, 2.05) is 24.5 Å². The Kier molecular flexibility index (Phi) is 5.21. The maximum atomic E-state index is 13.4. The number of halogens is 1. The molecule has 0 aliphatic carbocycles. The van der Waals surface area contributed by atoms with Crippen molar-refractivity contribution in [1.29, 1.82) is 0 Å². The largest absolute Gasteiger partial charge is 0.370 e. The number of carbonyl (C=O) groups excluding carboxylic acids is 1. The van der Waals surface area contributed by atoms with Crippen LogP contribution in [-0.2, 0) is 4.74 Å². The van der Waals surface area contributed by atoms with Crippen molar-refractivity contribution in [1.82, 2.24) is 19.5 Å². The van der Waals surface area contributed by atoms with Gasteiger partial charge < -0.3 is 15.0 Å². The molecule has 7 nitrogen and oxygen atoms in total. The Balaban J connectivity index is 1.43. The SMILES string of the molecule is CSc1ncc(C(=O)Nc2ccc3nc(C4CCCO4)[nH]c3c2)n1-c1ccc(F)cc1. The number of H-pyrrole nitrogens is 1. The van der Waals surface area contributed by atoms with E-state index in [9.17, 15) is 9.18 Å². The predicted octanol–water partition coefficient (Wildman–Crippen LogP) is 4.71. The summed E-state index contributed by atoms with van der Waals surface area (Å²) >= 11 is 1.41. The first-order valence-corrected chi connectivity index (χ1v) is 11.1. The summed E-state index contributed by atoms with van der Waals surface area (Å²) in [4.78, 5) is 25.3. The second-order valence-corrected chi connectivity index (χ2v) is 8.03. The van der Waals surface area contributed by atoms with Crippen molar-refractivity contribution in [2.24, 2.45) is 0 Å². The van der Waals surface area contributed by atoms with Gasteiger partial charge in [0.2, 0.25) is 0 Å². The Labute approximate surface area is 182 Å². The van der Waals surface area contributed by atoms with Gasteiger partial charge >= 0.3 is 0 Å². The quantitative estimate of drug-likeness (QED) is 0.442. The van der Waals surface area contributed by atoms with Crippen molar-refractivity contribution >= 4 is 34.4 Å². The number of nitrogens with zero attached hydrogens (tertiary/aromatic N) is 3. The molecule has 31 heavy (non-hydrogen) atoms. The molecular formula is C22H20FN5O2S. The molecule has 0 radical (unpaired) electrons. The van der Waals surface area contributed by atoms with Gasteiger partial charge in [-0.2, -0.15) is 0 Å². The first kappa shape index (κ1) is 19.8. The zero-order valence-corrected chi connectivity index (χ0v) is 17.6. The monoisotopic (exact) mass is 437 g/mol. The van der Waals surface area contributed by atoms with E-state index in [0.29, 0.717) is 22.2 Å². The molecule has 0 spiro atoms. The number of nitrogens with one attached hydrogen (secondary N) is 2. The zero-order chi connectivity index (χ0) is 21.4. The number of aromatic amines is 1. The van der Waals surface area contributed by atoms with Crippen molar-refractivity contribution < 1.29 is 13.9 Å². The summed E-state index contributed by atoms with van der Waals surface area (Å²) in [5.74, 6) is 0.168.